The normalized spacial score (nSPS) is 18.4. The van der Waals surface area contributed by atoms with Crippen LogP contribution in [0.3, 0.4) is 0 Å². The topological polar surface area (TPSA) is 51.2 Å². The zero-order chi connectivity index (χ0) is 39.0. The van der Waals surface area contributed by atoms with Gasteiger partial charge >= 0.3 is 5.97 Å². The highest BCUT2D eigenvalue weighted by atomic mass is 35.5. The van der Waals surface area contributed by atoms with Gasteiger partial charge in [-0.2, -0.15) is 0 Å². The quantitative estimate of drug-likeness (QED) is 0.0794. The SMILES string of the molecule is COc1ccc(C(=CC2(C=C(c3ccc(OC)cc3)c3ccc(N4CCCC4)cc3)OC(=O)c3c(Cl)c(Cl)c(Cl)c(Cl)c32)c2ccc(N3CCCC3)cc2)cc1. The van der Waals surface area contributed by atoms with E-state index in [-0.39, 0.29) is 25.7 Å². The van der Waals surface area contributed by atoms with Crippen LogP contribution in [0.4, 0.5) is 11.4 Å². The van der Waals surface area contributed by atoms with E-state index in [1.165, 1.54) is 25.7 Å². The molecule has 56 heavy (non-hydrogen) atoms. The standard InChI is InChI=1S/C46H40Cl4N2O4/c1-54-35-19-11-31(12-20-35)37(29-7-15-33(16-8-29)51-23-3-4-24-51)27-46(40-39(45(53)56-46)41(47)43(49)44(50)42(40)48)28-38(32-13-21-36(55-2)22-14-32)30-9-17-34(18-10-30)52-25-5-6-26-52/h7-22,27-28H,3-6,23-26H2,1-2H3. The van der Waals surface area contributed by atoms with Crippen molar-refractivity contribution in [2.75, 3.05) is 50.2 Å². The van der Waals surface area contributed by atoms with E-state index < -0.39 is 11.6 Å². The lowest BCUT2D eigenvalue weighted by molar-refractivity contribution is 0.0300. The maximum Gasteiger partial charge on any atom is 0.341 e. The van der Waals surface area contributed by atoms with Crippen molar-refractivity contribution >= 4 is 74.9 Å². The number of benzene rings is 5. The number of hydrogen-bond donors (Lipinski definition) is 0. The predicted molar refractivity (Wildman–Crippen MR) is 229 cm³/mol. The van der Waals surface area contributed by atoms with Crippen LogP contribution in [0.15, 0.2) is 109 Å². The number of carbonyl (C=O) groups excluding carboxylic acids is 1. The number of anilines is 2. The number of nitrogens with zero attached hydrogens (tertiary/aromatic N) is 2. The summed E-state index contributed by atoms with van der Waals surface area (Å²) in [4.78, 5) is 19.0. The number of methoxy groups -OCH3 is 2. The molecular formula is C46H40Cl4N2O4. The van der Waals surface area contributed by atoms with E-state index in [1.807, 2.05) is 60.7 Å². The monoisotopic (exact) mass is 824 g/mol. The largest absolute Gasteiger partial charge is 0.497 e. The van der Waals surface area contributed by atoms with Crippen LogP contribution in [0, 0.1) is 0 Å². The molecule has 0 aromatic heterocycles. The minimum atomic E-state index is -1.62. The van der Waals surface area contributed by atoms with Crippen molar-refractivity contribution in [3.8, 4) is 11.5 Å². The van der Waals surface area contributed by atoms with E-state index in [2.05, 4.69) is 58.3 Å². The fourth-order valence-electron chi connectivity index (χ4n) is 7.98. The highest BCUT2D eigenvalue weighted by Gasteiger charge is 2.48. The fourth-order valence-corrected chi connectivity index (χ4v) is 9.06. The molecule has 3 heterocycles. The van der Waals surface area contributed by atoms with E-state index >= 15 is 0 Å². The molecule has 5 aromatic rings. The fraction of sp³-hybridized carbons (Fsp3) is 0.239. The van der Waals surface area contributed by atoms with Gasteiger partial charge in [0.1, 0.15) is 11.5 Å². The Morgan fingerprint density at radius 3 is 1.29 bits per heavy atom. The van der Waals surface area contributed by atoms with Crippen molar-refractivity contribution in [1.82, 2.24) is 0 Å². The molecular weight excluding hydrogens is 786 g/mol. The molecule has 3 aliphatic rings. The molecule has 8 rings (SSSR count). The van der Waals surface area contributed by atoms with Crippen molar-refractivity contribution in [3.63, 3.8) is 0 Å². The van der Waals surface area contributed by atoms with Crippen LogP contribution in [-0.4, -0.2) is 46.4 Å². The molecule has 5 aromatic carbocycles. The van der Waals surface area contributed by atoms with E-state index in [4.69, 9.17) is 60.6 Å². The molecule has 286 valence electrons. The molecule has 3 aliphatic heterocycles. The number of carbonyl (C=O) groups is 1. The summed E-state index contributed by atoms with van der Waals surface area (Å²) in [6.45, 7) is 4.10. The molecule has 0 amide bonds. The molecule has 0 unspecified atom stereocenters. The van der Waals surface area contributed by atoms with Crippen molar-refractivity contribution in [2.24, 2.45) is 0 Å². The Balaban J connectivity index is 1.41. The van der Waals surface area contributed by atoms with Crippen LogP contribution >= 0.6 is 46.4 Å². The summed E-state index contributed by atoms with van der Waals surface area (Å²) in [5.74, 6) is 0.746. The maximum absolute atomic E-state index is 14.2. The summed E-state index contributed by atoms with van der Waals surface area (Å²) in [5, 5.41) is 0.0695. The first kappa shape index (κ1) is 38.3. The summed E-state index contributed by atoms with van der Waals surface area (Å²) in [6.07, 6.45) is 8.57. The lowest BCUT2D eigenvalue weighted by atomic mass is 9.83. The summed E-state index contributed by atoms with van der Waals surface area (Å²) in [5.41, 5.74) is 6.17. The lowest BCUT2D eigenvalue weighted by Gasteiger charge is -2.27. The summed E-state index contributed by atoms with van der Waals surface area (Å²) in [6, 6.07) is 32.5. The van der Waals surface area contributed by atoms with Gasteiger partial charge in [0, 0.05) is 43.1 Å². The van der Waals surface area contributed by atoms with E-state index in [1.54, 1.807) is 14.2 Å². The molecule has 0 N–H and O–H groups in total. The molecule has 0 bridgehead atoms. The number of fused-ring (bicyclic) bond motifs is 1. The third-order valence-electron chi connectivity index (χ3n) is 10.9. The molecule has 2 saturated heterocycles. The Bertz CT molecular complexity index is 2190. The van der Waals surface area contributed by atoms with Crippen LogP contribution < -0.4 is 19.3 Å². The van der Waals surface area contributed by atoms with Gasteiger partial charge in [0.05, 0.1) is 39.9 Å². The average molecular weight is 827 g/mol. The van der Waals surface area contributed by atoms with Crippen LogP contribution in [0.25, 0.3) is 11.1 Å². The van der Waals surface area contributed by atoms with Gasteiger partial charge < -0.3 is 24.0 Å². The number of ether oxygens (including phenoxy) is 3. The van der Waals surface area contributed by atoms with Crippen molar-refractivity contribution < 1.29 is 19.0 Å². The van der Waals surface area contributed by atoms with Gasteiger partial charge in [-0.15, -0.1) is 0 Å². The Morgan fingerprint density at radius 1 is 0.554 bits per heavy atom. The van der Waals surface area contributed by atoms with Gasteiger partial charge in [-0.1, -0.05) is 94.9 Å². The highest BCUT2D eigenvalue weighted by molar-refractivity contribution is 6.53. The van der Waals surface area contributed by atoms with Gasteiger partial charge in [-0.3, -0.25) is 0 Å². The van der Waals surface area contributed by atoms with Gasteiger partial charge in [0.2, 0.25) is 0 Å². The maximum atomic E-state index is 14.2. The van der Waals surface area contributed by atoms with Crippen LogP contribution in [0.2, 0.25) is 20.1 Å². The first-order chi connectivity index (χ1) is 27.2. The second kappa shape index (κ2) is 16.1. The molecule has 0 saturated carbocycles. The van der Waals surface area contributed by atoms with Crippen molar-refractivity contribution in [3.05, 3.63) is 163 Å². The minimum absolute atomic E-state index is 0.0152. The first-order valence-corrected chi connectivity index (χ1v) is 20.3. The number of halogens is 4. The molecule has 0 spiro atoms. The summed E-state index contributed by atoms with van der Waals surface area (Å²) < 4.78 is 17.6. The highest BCUT2D eigenvalue weighted by Crippen LogP contribution is 2.53. The second-order valence-corrected chi connectivity index (χ2v) is 15.8. The Labute approximate surface area is 347 Å². The Kier molecular flexibility index (Phi) is 11.0. The van der Waals surface area contributed by atoms with Gasteiger partial charge in [0.25, 0.3) is 0 Å². The van der Waals surface area contributed by atoms with Gasteiger partial charge in [-0.25, -0.2) is 4.79 Å². The Hall–Kier alpha value is -4.59. The lowest BCUT2D eigenvalue weighted by Crippen LogP contribution is -2.23. The van der Waals surface area contributed by atoms with E-state index in [9.17, 15) is 4.79 Å². The van der Waals surface area contributed by atoms with Gasteiger partial charge in [0.15, 0.2) is 5.60 Å². The summed E-state index contributed by atoms with van der Waals surface area (Å²) in [7, 11) is 3.27. The molecule has 2 fully saturated rings. The van der Waals surface area contributed by atoms with Crippen LogP contribution in [0.5, 0.6) is 11.5 Å². The zero-order valence-electron chi connectivity index (χ0n) is 31.1. The Morgan fingerprint density at radius 2 is 0.911 bits per heavy atom. The molecule has 0 atom stereocenters. The number of cyclic esters (lactones) is 1. The predicted octanol–water partition coefficient (Wildman–Crippen LogP) is 12.1. The minimum Gasteiger partial charge on any atom is -0.497 e. The number of hydrogen-bond acceptors (Lipinski definition) is 6. The van der Waals surface area contributed by atoms with Crippen LogP contribution in [0.1, 0.15) is 63.9 Å². The van der Waals surface area contributed by atoms with E-state index in [0.29, 0.717) is 17.1 Å². The molecule has 10 heteroatoms. The third-order valence-corrected chi connectivity index (χ3v) is 12.7. The zero-order valence-corrected chi connectivity index (χ0v) is 34.1. The first-order valence-electron chi connectivity index (χ1n) is 18.7. The molecule has 0 aliphatic carbocycles. The molecule has 6 nitrogen and oxygen atoms in total. The second-order valence-electron chi connectivity index (χ2n) is 14.2. The van der Waals surface area contributed by atoms with Gasteiger partial charge in [-0.05, 0) is 120 Å². The average Bonchev–Trinajstić information content (AvgIpc) is 4.03. The van der Waals surface area contributed by atoms with E-state index in [0.717, 1.165) is 71.0 Å². The van der Waals surface area contributed by atoms with Crippen molar-refractivity contribution in [2.45, 2.75) is 31.3 Å². The number of esters is 1. The summed E-state index contributed by atoms with van der Waals surface area (Å²) >= 11 is 27.4. The van der Waals surface area contributed by atoms with Crippen molar-refractivity contribution in [1.29, 1.82) is 0 Å². The smallest absolute Gasteiger partial charge is 0.341 e. The van der Waals surface area contributed by atoms with Crippen LogP contribution in [-0.2, 0) is 10.3 Å². The third kappa shape index (κ3) is 7.25. The molecule has 0 radical (unpaired) electrons. The number of rotatable bonds is 10.